The highest BCUT2D eigenvalue weighted by molar-refractivity contribution is 5.90. The number of hydrogen-bond acceptors (Lipinski definition) is 5. The van der Waals surface area contributed by atoms with Crippen molar-refractivity contribution < 1.29 is 14.3 Å². The average Bonchev–Trinajstić information content (AvgIpc) is 3.57. The lowest BCUT2D eigenvalue weighted by Gasteiger charge is -2.31. The number of piperidine rings is 1. The molecule has 0 spiro atoms. The van der Waals surface area contributed by atoms with Crippen LogP contribution in [0.25, 0.3) is 0 Å². The van der Waals surface area contributed by atoms with Crippen LogP contribution in [0.3, 0.4) is 0 Å². The van der Waals surface area contributed by atoms with E-state index >= 15 is 0 Å². The molecule has 2 aliphatic rings. The van der Waals surface area contributed by atoms with Crippen LogP contribution in [-0.2, 0) is 23.2 Å². The predicted octanol–water partition coefficient (Wildman–Crippen LogP) is 1.35. The van der Waals surface area contributed by atoms with E-state index < -0.39 is 0 Å². The number of hydrogen-bond donors (Lipinski definition) is 1. The molecule has 1 aliphatic heterocycles. The van der Waals surface area contributed by atoms with Gasteiger partial charge in [0, 0.05) is 43.7 Å². The van der Waals surface area contributed by atoms with Crippen molar-refractivity contribution >= 4 is 17.5 Å². The van der Waals surface area contributed by atoms with Gasteiger partial charge in [0.2, 0.25) is 11.8 Å². The molecule has 2 amide bonds. The molecule has 4 rings (SSSR count). The molecule has 1 aliphatic carbocycles. The van der Waals surface area contributed by atoms with Gasteiger partial charge in [0.15, 0.2) is 0 Å². The lowest BCUT2D eigenvalue weighted by Crippen LogP contribution is -2.39. The highest BCUT2D eigenvalue weighted by atomic mass is 16.5. The number of carbonyl (C=O) groups is 2. The number of benzene rings is 1. The van der Waals surface area contributed by atoms with Gasteiger partial charge in [-0.3, -0.25) is 14.2 Å². The van der Waals surface area contributed by atoms with E-state index in [0.717, 1.165) is 25.7 Å². The number of amides is 2. The third-order valence-corrected chi connectivity index (χ3v) is 5.82. The molecule has 0 atom stereocenters. The maximum absolute atomic E-state index is 12.6. The van der Waals surface area contributed by atoms with Crippen LogP contribution in [0.5, 0.6) is 5.75 Å². The molecule has 1 N–H and O–H groups in total. The summed E-state index contributed by atoms with van der Waals surface area (Å²) in [5, 5.41) is 7.21. The molecule has 0 radical (unpaired) electrons. The second kappa shape index (κ2) is 8.33. The molecule has 2 fully saturated rings. The van der Waals surface area contributed by atoms with Gasteiger partial charge < -0.3 is 15.0 Å². The van der Waals surface area contributed by atoms with Gasteiger partial charge in [0.1, 0.15) is 18.1 Å². The topological polar surface area (TPSA) is 98.5 Å². The zero-order valence-corrected chi connectivity index (χ0v) is 17.3. The molecule has 2 heterocycles. The highest BCUT2D eigenvalue weighted by Gasteiger charge is 2.36. The first-order valence-electron chi connectivity index (χ1n) is 10.3. The van der Waals surface area contributed by atoms with Gasteiger partial charge in [0.05, 0.1) is 7.11 Å². The van der Waals surface area contributed by atoms with Gasteiger partial charge in [-0.05, 0) is 37.8 Å². The van der Waals surface area contributed by atoms with Gasteiger partial charge in [-0.15, -0.1) is 0 Å². The largest absolute Gasteiger partial charge is 0.497 e. The molecule has 9 heteroatoms. The molecule has 1 saturated heterocycles. The lowest BCUT2D eigenvalue weighted by atomic mass is 9.95. The monoisotopic (exact) mass is 413 g/mol. The molecule has 0 bridgehead atoms. The second-order valence-corrected chi connectivity index (χ2v) is 8.01. The van der Waals surface area contributed by atoms with Crippen molar-refractivity contribution in [2.24, 2.45) is 13.0 Å². The third-order valence-electron chi connectivity index (χ3n) is 5.82. The fraction of sp³-hybridized carbons (Fsp3) is 0.524. The number of nitrogens with one attached hydrogen (secondary N) is 1. The quantitative estimate of drug-likeness (QED) is 0.771. The summed E-state index contributed by atoms with van der Waals surface area (Å²) in [6.07, 6.45) is 3.57. The molecule has 1 aromatic carbocycles. The Morgan fingerprint density at radius 1 is 1.20 bits per heavy atom. The summed E-state index contributed by atoms with van der Waals surface area (Å²) < 4.78 is 7.87. The average molecular weight is 413 g/mol. The number of methoxy groups -OCH3 is 1. The second-order valence-electron chi connectivity index (χ2n) is 8.01. The minimum absolute atomic E-state index is 0.105. The molecule has 0 unspecified atom stereocenters. The summed E-state index contributed by atoms with van der Waals surface area (Å²) in [6, 6.07) is 7.03. The number of nitrogens with zero attached hydrogens (tertiary/aromatic N) is 4. The Labute approximate surface area is 174 Å². The Bertz CT molecular complexity index is 999. The minimum Gasteiger partial charge on any atom is -0.497 e. The molecule has 2 aromatic rings. The van der Waals surface area contributed by atoms with Crippen molar-refractivity contribution in [3.8, 4) is 5.75 Å². The van der Waals surface area contributed by atoms with Crippen LogP contribution in [0, 0.1) is 5.92 Å². The van der Waals surface area contributed by atoms with Crippen LogP contribution in [-0.4, -0.2) is 51.3 Å². The first-order valence-corrected chi connectivity index (χ1v) is 10.3. The van der Waals surface area contributed by atoms with Gasteiger partial charge in [-0.1, -0.05) is 6.07 Å². The smallest absolute Gasteiger partial charge is 0.346 e. The maximum Gasteiger partial charge on any atom is 0.346 e. The van der Waals surface area contributed by atoms with E-state index in [0.29, 0.717) is 30.4 Å². The Morgan fingerprint density at radius 2 is 1.93 bits per heavy atom. The summed E-state index contributed by atoms with van der Waals surface area (Å²) >= 11 is 0. The molecular formula is C21H27N5O4. The summed E-state index contributed by atoms with van der Waals surface area (Å²) in [5.74, 6) is 1.58. The SMILES string of the molecule is COc1cccc(NC(=O)Cn2nc(C3CCN(C(=O)C4CC4)CC3)n(C)c2=O)c1. The molecule has 1 aromatic heterocycles. The van der Waals surface area contributed by atoms with Crippen molar-refractivity contribution in [1.29, 1.82) is 0 Å². The normalized spacial score (nSPS) is 17.1. The van der Waals surface area contributed by atoms with Crippen molar-refractivity contribution in [2.45, 2.75) is 38.1 Å². The van der Waals surface area contributed by atoms with E-state index in [1.165, 1.54) is 9.25 Å². The van der Waals surface area contributed by atoms with E-state index in [9.17, 15) is 14.4 Å². The predicted molar refractivity (Wildman–Crippen MR) is 110 cm³/mol. The standard InChI is InChI=1S/C21H27N5O4/c1-24-19(14-8-10-25(11-9-14)20(28)15-6-7-15)23-26(21(24)29)13-18(27)22-16-4-3-5-17(12-16)30-2/h3-5,12,14-15H,6-11,13H2,1-2H3,(H,22,27). The number of likely N-dealkylation sites (tertiary alicyclic amines) is 1. The fourth-order valence-corrected chi connectivity index (χ4v) is 3.95. The first-order chi connectivity index (χ1) is 14.5. The zero-order chi connectivity index (χ0) is 21.3. The molecule has 9 nitrogen and oxygen atoms in total. The van der Waals surface area contributed by atoms with Crippen molar-refractivity contribution in [2.75, 3.05) is 25.5 Å². The van der Waals surface area contributed by atoms with Gasteiger partial charge >= 0.3 is 5.69 Å². The van der Waals surface area contributed by atoms with E-state index in [1.54, 1.807) is 38.4 Å². The van der Waals surface area contributed by atoms with Gasteiger partial charge in [0.25, 0.3) is 0 Å². The molecule has 160 valence electrons. The van der Waals surface area contributed by atoms with Crippen molar-refractivity contribution in [3.05, 3.63) is 40.6 Å². The first kappa shape index (κ1) is 20.2. The van der Waals surface area contributed by atoms with Crippen LogP contribution < -0.4 is 15.7 Å². The molecular weight excluding hydrogens is 386 g/mol. The highest BCUT2D eigenvalue weighted by Crippen LogP contribution is 2.33. The minimum atomic E-state index is -0.333. The Morgan fingerprint density at radius 3 is 2.60 bits per heavy atom. The summed E-state index contributed by atoms with van der Waals surface area (Å²) in [7, 11) is 3.24. The van der Waals surface area contributed by atoms with Crippen LogP contribution >= 0.6 is 0 Å². The lowest BCUT2D eigenvalue weighted by molar-refractivity contribution is -0.133. The Hall–Kier alpha value is -3.10. The Balaban J connectivity index is 1.39. The fourth-order valence-electron chi connectivity index (χ4n) is 3.95. The van der Waals surface area contributed by atoms with Crippen LogP contribution in [0.2, 0.25) is 0 Å². The Kier molecular flexibility index (Phi) is 5.61. The van der Waals surface area contributed by atoms with Crippen LogP contribution in [0.1, 0.15) is 37.4 Å². The number of anilines is 1. The summed E-state index contributed by atoms with van der Waals surface area (Å²) in [5.41, 5.74) is 0.276. The zero-order valence-electron chi connectivity index (χ0n) is 17.3. The van der Waals surface area contributed by atoms with E-state index in [4.69, 9.17) is 4.74 Å². The summed E-state index contributed by atoms with van der Waals surface area (Å²) in [6.45, 7) is 1.22. The van der Waals surface area contributed by atoms with Gasteiger partial charge in [-0.2, -0.15) is 5.10 Å². The number of rotatable bonds is 6. The van der Waals surface area contributed by atoms with Gasteiger partial charge in [-0.25, -0.2) is 9.48 Å². The summed E-state index contributed by atoms with van der Waals surface area (Å²) in [4.78, 5) is 39.2. The van der Waals surface area contributed by atoms with Crippen LogP contribution in [0.4, 0.5) is 5.69 Å². The number of aromatic nitrogens is 3. The number of ether oxygens (including phenoxy) is 1. The van der Waals surface area contributed by atoms with E-state index in [2.05, 4.69) is 10.4 Å². The van der Waals surface area contributed by atoms with Crippen LogP contribution in [0.15, 0.2) is 29.1 Å². The number of carbonyl (C=O) groups excluding carboxylic acids is 2. The van der Waals surface area contributed by atoms with E-state index in [-0.39, 0.29) is 35.9 Å². The maximum atomic E-state index is 12.6. The molecule has 1 saturated carbocycles. The van der Waals surface area contributed by atoms with Crippen molar-refractivity contribution in [3.63, 3.8) is 0 Å². The third kappa shape index (κ3) is 4.24. The molecule has 30 heavy (non-hydrogen) atoms. The van der Waals surface area contributed by atoms with Crippen molar-refractivity contribution in [1.82, 2.24) is 19.2 Å². The van der Waals surface area contributed by atoms with E-state index in [1.807, 2.05) is 4.90 Å².